The van der Waals surface area contributed by atoms with Crippen LogP contribution < -0.4 is 5.32 Å². The van der Waals surface area contributed by atoms with Gasteiger partial charge in [0, 0.05) is 13.1 Å². The van der Waals surface area contributed by atoms with Gasteiger partial charge in [0.2, 0.25) is 0 Å². The van der Waals surface area contributed by atoms with Crippen molar-refractivity contribution in [1.82, 2.24) is 10.2 Å². The Bertz CT molecular complexity index is 1100. The fourth-order valence-corrected chi connectivity index (χ4v) is 4.03. The highest BCUT2D eigenvalue weighted by atomic mass is 16.6. The minimum absolute atomic E-state index is 0.0984. The van der Waals surface area contributed by atoms with Gasteiger partial charge in [0.25, 0.3) is 0 Å². The number of esters is 1. The van der Waals surface area contributed by atoms with Gasteiger partial charge in [0.05, 0.1) is 7.11 Å². The summed E-state index contributed by atoms with van der Waals surface area (Å²) >= 11 is 0. The predicted molar refractivity (Wildman–Crippen MR) is 157 cm³/mol. The first-order chi connectivity index (χ1) is 18.7. The van der Waals surface area contributed by atoms with E-state index in [1.807, 2.05) is 24.3 Å². The molecular weight excluding hydrogens is 508 g/mol. The molecule has 0 aliphatic heterocycles. The molecule has 1 N–H and O–H groups in total. The summed E-state index contributed by atoms with van der Waals surface area (Å²) in [6, 6.07) is 15.5. The molecule has 0 aliphatic carbocycles. The highest BCUT2D eigenvalue weighted by Gasteiger charge is 2.34. The summed E-state index contributed by atoms with van der Waals surface area (Å²) in [6.45, 7) is 13.0. The van der Waals surface area contributed by atoms with Gasteiger partial charge in [-0.2, -0.15) is 0 Å². The number of unbranched alkanes of at least 4 members (excludes halogenated alkanes) is 1. The van der Waals surface area contributed by atoms with Crippen LogP contribution in [0.25, 0.3) is 11.1 Å². The zero-order valence-corrected chi connectivity index (χ0v) is 25.3. The monoisotopic (exact) mass is 554 g/mol. The lowest BCUT2D eigenvalue weighted by atomic mass is 10.0. The van der Waals surface area contributed by atoms with Gasteiger partial charge in [-0.25, -0.2) is 14.4 Å². The van der Waals surface area contributed by atoms with Gasteiger partial charge in [-0.15, -0.1) is 0 Å². The zero-order chi connectivity index (χ0) is 29.9. The molecule has 0 spiro atoms. The van der Waals surface area contributed by atoms with E-state index in [0.29, 0.717) is 0 Å². The van der Waals surface area contributed by atoms with E-state index in [1.54, 1.807) is 41.5 Å². The number of carbonyl (C=O) groups is 3. The van der Waals surface area contributed by atoms with Crippen LogP contribution in [-0.2, 0) is 32.0 Å². The molecule has 0 aliphatic rings. The number of aryl methyl sites for hydroxylation is 1. The third kappa shape index (κ3) is 11.3. The summed E-state index contributed by atoms with van der Waals surface area (Å²) < 4.78 is 15.9. The van der Waals surface area contributed by atoms with E-state index < -0.39 is 35.4 Å². The molecule has 0 fully saturated rings. The number of ether oxygens (including phenoxy) is 3. The largest absolute Gasteiger partial charge is 0.467 e. The third-order valence-corrected chi connectivity index (χ3v) is 5.98. The molecule has 0 aromatic heterocycles. The lowest BCUT2D eigenvalue weighted by Gasteiger charge is -2.32. The molecule has 8 heteroatoms. The van der Waals surface area contributed by atoms with Gasteiger partial charge in [0.15, 0.2) is 0 Å². The number of alkyl carbamates (subject to hydrolysis) is 1. The molecular formula is C32H46N2O6. The number of carbonyl (C=O) groups excluding carboxylic acids is 3. The molecule has 220 valence electrons. The van der Waals surface area contributed by atoms with Gasteiger partial charge in [0.1, 0.15) is 17.2 Å². The minimum atomic E-state index is -0.981. The highest BCUT2D eigenvalue weighted by molar-refractivity contribution is 5.81. The number of methoxy groups -OCH3 is 1. The third-order valence-electron chi connectivity index (χ3n) is 5.98. The van der Waals surface area contributed by atoms with Crippen molar-refractivity contribution in [2.24, 2.45) is 0 Å². The Hall–Kier alpha value is -3.55. The molecule has 0 heterocycles. The molecule has 0 bridgehead atoms. The number of hydrogen-bond acceptors (Lipinski definition) is 6. The van der Waals surface area contributed by atoms with Crippen LogP contribution in [0.3, 0.4) is 0 Å². The van der Waals surface area contributed by atoms with E-state index in [2.05, 4.69) is 36.5 Å². The Labute approximate surface area is 239 Å². The first kappa shape index (κ1) is 32.7. The molecule has 2 rings (SSSR count). The number of nitrogens with one attached hydrogen (secondary N) is 1. The fraction of sp³-hybridized carbons (Fsp3) is 0.531. The van der Waals surface area contributed by atoms with Crippen molar-refractivity contribution >= 4 is 18.2 Å². The summed E-state index contributed by atoms with van der Waals surface area (Å²) in [4.78, 5) is 39.6. The molecule has 2 amide bonds. The average Bonchev–Trinajstić information content (AvgIpc) is 2.87. The van der Waals surface area contributed by atoms with Crippen LogP contribution in [-0.4, -0.2) is 54.0 Å². The molecule has 40 heavy (non-hydrogen) atoms. The van der Waals surface area contributed by atoms with Crippen LogP contribution in [0, 0.1) is 0 Å². The number of rotatable bonds is 11. The van der Waals surface area contributed by atoms with E-state index in [-0.39, 0.29) is 19.5 Å². The van der Waals surface area contributed by atoms with Crippen molar-refractivity contribution in [3.05, 3.63) is 59.7 Å². The van der Waals surface area contributed by atoms with Crippen molar-refractivity contribution in [2.45, 2.75) is 97.9 Å². The highest BCUT2D eigenvalue weighted by Crippen LogP contribution is 2.23. The summed E-state index contributed by atoms with van der Waals surface area (Å²) in [5.74, 6) is -0.600. The Balaban J connectivity index is 2.23. The first-order valence-corrected chi connectivity index (χ1v) is 13.9. The van der Waals surface area contributed by atoms with Crippen molar-refractivity contribution in [3.8, 4) is 11.1 Å². The van der Waals surface area contributed by atoms with Gasteiger partial charge in [-0.1, -0.05) is 61.9 Å². The average molecular weight is 555 g/mol. The number of amides is 2. The number of benzene rings is 2. The summed E-state index contributed by atoms with van der Waals surface area (Å²) in [5, 5.41) is 2.65. The van der Waals surface area contributed by atoms with Crippen LogP contribution in [0.1, 0.15) is 78.9 Å². The number of nitrogens with zero attached hydrogens (tertiary/aromatic N) is 1. The summed E-state index contributed by atoms with van der Waals surface area (Å²) in [7, 11) is 1.27. The quantitative estimate of drug-likeness (QED) is 0.240. The van der Waals surface area contributed by atoms with Gasteiger partial charge >= 0.3 is 18.2 Å². The lowest BCUT2D eigenvalue weighted by Crippen LogP contribution is -2.48. The van der Waals surface area contributed by atoms with Crippen LogP contribution in [0.4, 0.5) is 9.59 Å². The second kappa shape index (κ2) is 14.7. The molecule has 8 nitrogen and oxygen atoms in total. The van der Waals surface area contributed by atoms with E-state index in [0.717, 1.165) is 23.1 Å². The van der Waals surface area contributed by atoms with Crippen molar-refractivity contribution in [3.63, 3.8) is 0 Å². The smallest absolute Gasteiger partial charge is 0.411 e. The summed E-state index contributed by atoms with van der Waals surface area (Å²) in [5.41, 5.74) is 2.89. The van der Waals surface area contributed by atoms with Crippen LogP contribution in [0.2, 0.25) is 0 Å². The van der Waals surface area contributed by atoms with Crippen LogP contribution in [0.5, 0.6) is 0 Å². The van der Waals surface area contributed by atoms with Crippen molar-refractivity contribution in [2.75, 3.05) is 13.7 Å². The lowest BCUT2D eigenvalue weighted by molar-refractivity contribution is -0.147. The normalized spacial score (nSPS) is 12.3. The van der Waals surface area contributed by atoms with Crippen LogP contribution >= 0.6 is 0 Å². The van der Waals surface area contributed by atoms with Crippen LogP contribution in [0.15, 0.2) is 48.5 Å². The Morgan fingerprint density at radius 2 is 1.35 bits per heavy atom. The molecule has 0 radical (unpaired) electrons. The predicted octanol–water partition coefficient (Wildman–Crippen LogP) is 6.89. The topological polar surface area (TPSA) is 94.2 Å². The maximum Gasteiger partial charge on any atom is 0.411 e. The first-order valence-electron chi connectivity index (χ1n) is 13.9. The van der Waals surface area contributed by atoms with Crippen molar-refractivity contribution in [1.29, 1.82) is 0 Å². The fourth-order valence-electron chi connectivity index (χ4n) is 4.03. The maximum atomic E-state index is 13.3. The molecule has 0 unspecified atom stereocenters. The Morgan fingerprint density at radius 3 is 1.82 bits per heavy atom. The zero-order valence-electron chi connectivity index (χ0n) is 25.3. The summed E-state index contributed by atoms with van der Waals surface area (Å²) in [6.07, 6.45) is 2.28. The van der Waals surface area contributed by atoms with Crippen molar-refractivity contribution < 1.29 is 28.6 Å². The second-order valence-corrected chi connectivity index (χ2v) is 11.9. The molecule has 0 saturated carbocycles. The second-order valence-electron chi connectivity index (χ2n) is 11.9. The Kier molecular flexibility index (Phi) is 12.0. The van der Waals surface area contributed by atoms with Gasteiger partial charge < -0.3 is 19.5 Å². The molecule has 1 atom stereocenters. The number of hydrogen-bond donors (Lipinski definition) is 1. The Morgan fingerprint density at radius 1 is 0.825 bits per heavy atom. The standard InChI is InChI=1S/C32H46N2O6/c1-9-10-11-23-12-16-25(17-13-23)26-18-14-24(15-19-26)22-34(30(37)40-32(5,6)7)27(28(35)38-8)20-21-33-29(36)39-31(2,3)4/h12-19,27H,9-11,20-22H2,1-8H3,(H,33,36)/t27-/m1/s1. The van der Waals surface area contributed by atoms with E-state index >= 15 is 0 Å². The molecule has 2 aromatic carbocycles. The molecule has 2 aromatic rings. The van der Waals surface area contributed by atoms with Gasteiger partial charge in [-0.05, 0) is 83.1 Å². The SMILES string of the molecule is CCCCc1ccc(-c2ccc(CN(C(=O)OC(C)(C)C)[C@H](CCNC(=O)OC(C)(C)C)C(=O)OC)cc2)cc1. The minimum Gasteiger partial charge on any atom is -0.467 e. The molecule has 0 saturated heterocycles. The van der Waals surface area contributed by atoms with E-state index in [1.165, 1.54) is 30.4 Å². The van der Waals surface area contributed by atoms with Gasteiger partial charge in [-0.3, -0.25) is 4.90 Å². The maximum absolute atomic E-state index is 13.3. The van der Waals surface area contributed by atoms with E-state index in [9.17, 15) is 14.4 Å². The van der Waals surface area contributed by atoms with E-state index in [4.69, 9.17) is 14.2 Å².